The number of fused-ring (bicyclic) bond motifs is 1. The zero-order valence-electron chi connectivity index (χ0n) is 9.33. The molecule has 0 saturated heterocycles. The minimum atomic E-state index is -1.25. The fourth-order valence-electron chi connectivity index (χ4n) is 2.17. The number of carboxylic acid groups (broad SMARTS) is 2. The lowest BCUT2D eigenvalue weighted by atomic mass is 9.91. The molecule has 1 aromatic carbocycles. The second-order valence-corrected chi connectivity index (χ2v) is 3.99. The Hall–Kier alpha value is -2.55. The van der Waals surface area contributed by atoms with Gasteiger partial charge in [0.15, 0.2) is 6.04 Å². The quantitative estimate of drug-likeness (QED) is 0.775. The van der Waals surface area contributed by atoms with E-state index in [9.17, 15) is 9.59 Å². The standard InChI is InChI=1S/C12H10N2O4/c13-6-7-1-2-9-8(5-7)3-4-14(12(17)18)10(9)11(15)16/h1-2,5,10H,3-4H2,(H,15,16)(H,17,18). The van der Waals surface area contributed by atoms with Gasteiger partial charge in [0.2, 0.25) is 0 Å². The van der Waals surface area contributed by atoms with Crippen molar-refractivity contribution < 1.29 is 19.8 Å². The largest absolute Gasteiger partial charge is 0.479 e. The summed E-state index contributed by atoms with van der Waals surface area (Å²) in [5, 5.41) is 26.9. The van der Waals surface area contributed by atoms with Crippen LogP contribution in [0.1, 0.15) is 22.7 Å². The van der Waals surface area contributed by atoms with E-state index in [4.69, 9.17) is 15.5 Å². The van der Waals surface area contributed by atoms with Gasteiger partial charge in [-0.25, -0.2) is 9.59 Å². The number of hydrogen-bond acceptors (Lipinski definition) is 3. The van der Waals surface area contributed by atoms with Crippen LogP contribution in [-0.2, 0) is 11.2 Å². The van der Waals surface area contributed by atoms with E-state index in [1.165, 1.54) is 12.1 Å². The fraction of sp³-hybridized carbons (Fsp3) is 0.250. The van der Waals surface area contributed by atoms with Crippen LogP contribution in [0.15, 0.2) is 18.2 Å². The van der Waals surface area contributed by atoms with Crippen LogP contribution in [0.3, 0.4) is 0 Å². The Labute approximate surface area is 103 Å². The number of hydrogen-bond donors (Lipinski definition) is 2. The molecule has 0 saturated carbocycles. The van der Waals surface area contributed by atoms with Crippen molar-refractivity contribution in [1.29, 1.82) is 5.26 Å². The van der Waals surface area contributed by atoms with Crippen LogP contribution < -0.4 is 0 Å². The van der Waals surface area contributed by atoms with E-state index in [2.05, 4.69) is 0 Å². The Bertz CT molecular complexity index is 562. The maximum Gasteiger partial charge on any atom is 0.408 e. The van der Waals surface area contributed by atoms with E-state index in [0.717, 1.165) is 10.5 Å². The number of carbonyl (C=O) groups is 2. The third kappa shape index (κ3) is 1.86. The molecule has 92 valence electrons. The van der Waals surface area contributed by atoms with Crippen molar-refractivity contribution >= 4 is 12.1 Å². The predicted octanol–water partition coefficient (Wildman–Crippen LogP) is 1.22. The Morgan fingerprint density at radius 3 is 2.67 bits per heavy atom. The zero-order valence-corrected chi connectivity index (χ0v) is 9.33. The number of carboxylic acids is 1. The second kappa shape index (κ2) is 4.37. The van der Waals surface area contributed by atoms with Gasteiger partial charge in [0.1, 0.15) is 0 Å². The van der Waals surface area contributed by atoms with E-state index in [-0.39, 0.29) is 6.54 Å². The molecule has 1 aliphatic heterocycles. The van der Waals surface area contributed by atoms with Crippen LogP contribution in [0, 0.1) is 11.3 Å². The molecule has 0 fully saturated rings. The number of aliphatic carboxylic acids is 1. The highest BCUT2D eigenvalue weighted by molar-refractivity contribution is 5.82. The van der Waals surface area contributed by atoms with Gasteiger partial charge in [0.05, 0.1) is 11.6 Å². The van der Waals surface area contributed by atoms with Gasteiger partial charge >= 0.3 is 12.1 Å². The SMILES string of the molecule is N#Cc1ccc2c(c1)CCN(C(=O)O)C2C(=O)O. The Balaban J connectivity index is 2.51. The molecule has 6 nitrogen and oxygen atoms in total. The minimum Gasteiger partial charge on any atom is -0.479 e. The van der Waals surface area contributed by atoms with Crippen molar-refractivity contribution in [2.75, 3.05) is 6.54 Å². The first-order valence-corrected chi connectivity index (χ1v) is 5.30. The molecule has 6 heteroatoms. The molecule has 0 aliphatic carbocycles. The van der Waals surface area contributed by atoms with E-state index in [1.807, 2.05) is 6.07 Å². The van der Waals surface area contributed by atoms with Gasteiger partial charge in [-0.1, -0.05) is 6.07 Å². The maximum atomic E-state index is 11.2. The summed E-state index contributed by atoms with van der Waals surface area (Å²) in [6.45, 7) is 0.119. The Morgan fingerprint density at radius 1 is 1.39 bits per heavy atom. The van der Waals surface area contributed by atoms with E-state index >= 15 is 0 Å². The van der Waals surface area contributed by atoms with Gasteiger partial charge < -0.3 is 10.2 Å². The number of nitrogens with zero attached hydrogens (tertiary/aromatic N) is 2. The van der Waals surface area contributed by atoms with Crippen molar-refractivity contribution in [2.45, 2.75) is 12.5 Å². The molecule has 0 spiro atoms. The predicted molar refractivity (Wildman–Crippen MR) is 60.0 cm³/mol. The molecule has 1 heterocycles. The summed E-state index contributed by atoms with van der Waals surface area (Å²) in [5.74, 6) is -1.21. The maximum absolute atomic E-state index is 11.2. The molecule has 0 bridgehead atoms. The number of amides is 1. The Kier molecular flexibility index (Phi) is 2.90. The molecule has 1 aromatic rings. The van der Waals surface area contributed by atoms with E-state index < -0.39 is 18.1 Å². The summed E-state index contributed by atoms with van der Waals surface area (Å²) in [6, 6.07) is 5.41. The van der Waals surface area contributed by atoms with Gasteiger partial charge in [-0.15, -0.1) is 0 Å². The molecule has 2 rings (SSSR count). The minimum absolute atomic E-state index is 0.119. The first-order chi connectivity index (χ1) is 8.54. The first-order valence-electron chi connectivity index (χ1n) is 5.30. The summed E-state index contributed by atoms with van der Waals surface area (Å²) in [7, 11) is 0. The van der Waals surface area contributed by atoms with Crippen molar-refractivity contribution in [3.8, 4) is 6.07 Å². The topological polar surface area (TPSA) is 102 Å². The summed E-state index contributed by atoms with van der Waals surface area (Å²) >= 11 is 0. The van der Waals surface area contributed by atoms with Crippen LogP contribution >= 0.6 is 0 Å². The van der Waals surface area contributed by atoms with Crippen LogP contribution in [-0.4, -0.2) is 33.7 Å². The highest BCUT2D eigenvalue weighted by atomic mass is 16.4. The second-order valence-electron chi connectivity index (χ2n) is 3.99. The highest BCUT2D eigenvalue weighted by Gasteiger charge is 2.35. The van der Waals surface area contributed by atoms with Crippen molar-refractivity contribution in [3.05, 3.63) is 34.9 Å². The molecule has 1 aliphatic rings. The molecular formula is C12H10N2O4. The molecule has 1 amide bonds. The van der Waals surface area contributed by atoms with Gasteiger partial charge in [-0.3, -0.25) is 4.90 Å². The molecule has 18 heavy (non-hydrogen) atoms. The average Bonchev–Trinajstić information content (AvgIpc) is 2.36. The number of nitriles is 1. The van der Waals surface area contributed by atoms with Gasteiger partial charge in [0.25, 0.3) is 0 Å². The lowest BCUT2D eigenvalue weighted by Gasteiger charge is -2.32. The van der Waals surface area contributed by atoms with Crippen LogP contribution in [0.25, 0.3) is 0 Å². The fourth-order valence-corrected chi connectivity index (χ4v) is 2.17. The van der Waals surface area contributed by atoms with Gasteiger partial charge in [-0.05, 0) is 29.7 Å². The third-order valence-corrected chi connectivity index (χ3v) is 2.98. The smallest absolute Gasteiger partial charge is 0.408 e. The summed E-state index contributed by atoms with van der Waals surface area (Å²) < 4.78 is 0. The molecular weight excluding hydrogens is 236 g/mol. The number of benzene rings is 1. The highest BCUT2D eigenvalue weighted by Crippen LogP contribution is 2.30. The molecule has 1 unspecified atom stereocenters. The van der Waals surface area contributed by atoms with E-state index in [0.29, 0.717) is 17.5 Å². The monoisotopic (exact) mass is 246 g/mol. The Morgan fingerprint density at radius 2 is 2.11 bits per heavy atom. The normalized spacial score (nSPS) is 17.7. The summed E-state index contributed by atoms with van der Waals surface area (Å²) in [5.41, 5.74) is 1.61. The zero-order chi connectivity index (χ0) is 13.3. The molecule has 0 radical (unpaired) electrons. The van der Waals surface area contributed by atoms with Crippen LogP contribution in [0.4, 0.5) is 4.79 Å². The van der Waals surface area contributed by atoms with E-state index in [1.54, 1.807) is 6.07 Å². The molecule has 2 N–H and O–H groups in total. The summed E-state index contributed by atoms with van der Waals surface area (Å²) in [6.07, 6.45) is -0.835. The number of rotatable bonds is 1. The van der Waals surface area contributed by atoms with Crippen molar-refractivity contribution in [3.63, 3.8) is 0 Å². The lowest BCUT2D eigenvalue weighted by Crippen LogP contribution is -2.42. The van der Waals surface area contributed by atoms with Crippen molar-refractivity contribution in [2.24, 2.45) is 0 Å². The summed E-state index contributed by atoms with van der Waals surface area (Å²) in [4.78, 5) is 23.1. The van der Waals surface area contributed by atoms with Crippen LogP contribution in [0.2, 0.25) is 0 Å². The van der Waals surface area contributed by atoms with Gasteiger partial charge in [-0.2, -0.15) is 5.26 Å². The lowest BCUT2D eigenvalue weighted by molar-refractivity contribution is -0.143. The van der Waals surface area contributed by atoms with Gasteiger partial charge in [0, 0.05) is 6.54 Å². The van der Waals surface area contributed by atoms with Crippen LogP contribution in [0.5, 0.6) is 0 Å². The third-order valence-electron chi connectivity index (χ3n) is 2.98. The first kappa shape index (κ1) is 11.9. The molecule has 1 atom stereocenters. The van der Waals surface area contributed by atoms with Crippen molar-refractivity contribution in [1.82, 2.24) is 4.90 Å². The average molecular weight is 246 g/mol. The molecule has 0 aromatic heterocycles.